The third kappa shape index (κ3) is 4.24. The lowest BCUT2D eigenvalue weighted by Crippen LogP contribution is -2.41. The summed E-state index contributed by atoms with van der Waals surface area (Å²) in [6.07, 6.45) is 1.69. The van der Waals surface area contributed by atoms with E-state index in [4.69, 9.17) is 0 Å². The molecule has 0 aliphatic carbocycles. The molecule has 0 bridgehead atoms. The molecule has 0 unspecified atom stereocenters. The fourth-order valence-corrected chi connectivity index (χ4v) is 2.70. The van der Waals surface area contributed by atoms with E-state index in [1.54, 1.807) is 4.90 Å². The summed E-state index contributed by atoms with van der Waals surface area (Å²) in [4.78, 5) is 13.9. The van der Waals surface area contributed by atoms with Crippen LogP contribution in [0.25, 0.3) is 0 Å². The number of carbonyl (C=O) groups is 1. The van der Waals surface area contributed by atoms with Gasteiger partial charge in [0, 0.05) is 18.7 Å². The Morgan fingerprint density at radius 1 is 1.29 bits per heavy atom. The first kappa shape index (κ1) is 15.9. The summed E-state index contributed by atoms with van der Waals surface area (Å²) >= 11 is 0. The van der Waals surface area contributed by atoms with Crippen molar-refractivity contribution < 1.29 is 13.6 Å². The lowest BCUT2D eigenvalue weighted by atomic mass is 9.96. The molecule has 116 valence electrons. The summed E-state index contributed by atoms with van der Waals surface area (Å²) < 4.78 is 27.1. The molecule has 21 heavy (non-hydrogen) atoms. The summed E-state index contributed by atoms with van der Waals surface area (Å²) in [5.41, 5.74) is -0.128. The highest BCUT2D eigenvalue weighted by Crippen LogP contribution is 2.19. The lowest BCUT2D eigenvalue weighted by molar-refractivity contribution is -0.131. The standard InChI is InChI=1S/C16H22F2N2O/c1-2-19-11-12-6-8-20(9-7-12)16(21)10-13-14(17)4-3-5-15(13)18/h3-5,12,19H,2,6-11H2,1H3. The zero-order chi connectivity index (χ0) is 15.2. The Morgan fingerprint density at radius 3 is 2.48 bits per heavy atom. The van der Waals surface area contributed by atoms with Gasteiger partial charge in [-0.3, -0.25) is 4.79 Å². The Hall–Kier alpha value is -1.49. The SMILES string of the molecule is CCNCC1CCN(C(=O)Cc2c(F)cccc2F)CC1. The van der Waals surface area contributed by atoms with Crippen LogP contribution in [0, 0.1) is 17.6 Å². The second-order valence-electron chi connectivity index (χ2n) is 5.51. The highest BCUT2D eigenvalue weighted by atomic mass is 19.1. The van der Waals surface area contributed by atoms with Gasteiger partial charge in [0.2, 0.25) is 5.91 Å². The van der Waals surface area contributed by atoms with Crippen LogP contribution in [0.3, 0.4) is 0 Å². The van der Waals surface area contributed by atoms with Gasteiger partial charge in [0.1, 0.15) is 11.6 Å². The number of nitrogens with one attached hydrogen (secondary N) is 1. The molecule has 2 rings (SSSR count). The Balaban J connectivity index is 1.88. The van der Waals surface area contributed by atoms with Crippen molar-refractivity contribution in [2.45, 2.75) is 26.2 Å². The number of halogens is 2. The van der Waals surface area contributed by atoms with Crippen LogP contribution in [0.2, 0.25) is 0 Å². The van der Waals surface area contributed by atoms with Gasteiger partial charge < -0.3 is 10.2 Å². The first-order chi connectivity index (χ1) is 10.1. The maximum atomic E-state index is 13.6. The number of rotatable bonds is 5. The van der Waals surface area contributed by atoms with Crippen molar-refractivity contribution in [2.75, 3.05) is 26.2 Å². The van der Waals surface area contributed by atoms with Crippen LogP contribution in [0.4, 0.5) is 8.78 Å². The maximum absolute atomic E-state index is 13.6. The minimum atomic E-state index is -0.648. The molecule has 1 amide bonds. The molecule has 1 aromatic rings. The molecule has 3 nitrogen and oxygen atoms in total. The number of hydrogen-bond acceptors (Lipinski definition) is 2. The quantitative estimate of drug-likeness (QED) is 0.904. The summed E-state index contributed by atoms with van der Waals surface area (Å²) in [5, 5.41) is 3.31. The Bertz CT molecular complexity index is 465. The Kier molecular flexibility index (Phi) is 5.67. The summed E-state index contributed by atoms with van der Waals surface area (Å²) in [7, 11) is 0. The topological polar surface area (TPSA) is 32.3 Å². The van der Waals surface area contributed by atoms with Gasteiger partial charge in [0.05, 0.1) is 6.42 Å². The molecule has 0 atom stereocenters. The van der Waals surface area contributed by atoms with Crippen LogP contribution in [-0.4, -0.2) is 37.0 Å². The summed E-state index contributed by atoms with van der Waals surface area (Å²) in [6.45, 7) is 5.34. The highest BCUT2D eigenvalue weighted by molar-refractivity contribution is 5.79. The predicted molar refractivity (Wildman–Crippen MR) is 77.9 cm³/mol. The first-order valence-electron chi connectivity index (χ1n) is 7.53. The van der Waals surface area contributed by atoms with Crippen molar-refractivity contribution in [2.24, 2.45) is 5.92 Å². The normalized spacial score (nSPS) is 16.2. The van der Waals surface area contributed by atoms with Gasteiger partial charge in [-0.05, 0) is 44.0 Å². The second-order valence-corrected chi connectivity index (χ2v) is 5.51. The van der Waals surface area contributed by atoms with E-state index in [2.05, 4.69) is 12.2 Å². The molecule has 5 heteroatoms. The average molecular weight is 296 g/mol. The third-order valence-electron chi connectivity index (χ3n) is 4.04. The fourth-order valence-electron chi connectivity index (χ4n) is 2.70. The van der Waals surface area contributed by atoms with Crippen molar-refractivity contribution in [3.63, 3.8) is 0 Å². The molecular weight excluding hydrogens is 274 g/mol. The summed E-state index contributed by atoms with van der Waals surface area (Å²) in [6, 6.07) is 3.69. The van der Waals surface area contributed by atoms with Crippen molar-refractivity contribution in [1.29, 1.82) is 0 Å². The first-order valence-corrected chi connectivity index (χ1v) is 7.53. The van der Waals surface area contributed by atoms with Gasteiger partial charge in [-0.2, -0.15) is 0 Å². The number of likely N-dealkylation sites (tertiary alicyclic amines) is 1. The van der Waals surface area contributed by atoms with Crippen LogP contribution >= 0.6 is 0 Å². The van der Waals surface area contributed by atoms with Gasteiger partial charge in [-0.1, -0.05) is 13.0 Å². The molecular formula is C16H22F2N2O. The van der Waals surface area contributed by atoms with E-state index in [0.29, 0.717) is 19.0 Å². The van der Waals surface area contributed by atoms with E-state index >= 15 is 0 Å². The number of nitrogens with zero attached hydrogens (tertiary/aromatic N) is 1. The number of carbonyl (C=O) groups excluding carboxylic acids is 1. The molecule has 0 radical (unpaired) electrons. The molecule has 1 aliphatic heterocycles. The molecule has 1 aliphatic rings. The van der Waals surface area contributed by atoms with E-state index in [9.17, 15) is 13.6 Å². The minimum absolute atomic E-state index is 0.128. The molecule has 1 heterocycles. The minimum Gasteiger partial charge on any atom is -0.342 e. The Labute approximate surface area is 124 Å². The lowest BCUT2D eigenvalue weighted by Gasteiger charge is -2.32. The summed E-state index contributed by atoms with van der Waals surface area (Å²) in [5.74, 6) is -0.907. The second kappa shape index (κ2) is 7.50. The maximum Gasteiger partial charge on any atom is 0.227 e. The predicted octanol–water partition coefficient (Wildman–Crippen LogP) is 2.36. The van der Waals surface area contributed by atoms with Gasteiger partial charge in [-0.15, -0.1) is 0 Å². The zero-order valence-corrected chi connectivity index (χ0v) is 12.4. The monoisotopic (exact) mass is 296 g/mol. The van der Waals surface area contributed by atoms with E-state index in [1.165, 1.54) is 18.2 Å². The largest absolute Gasteiger partial charge is 0.342 e. The van der Waals surface area contributed by atoms with Crippen LogP contribution in [-0.2, 0) is 11.2 Å². The van der Waals surface area contributed by atoms with E-state index in [1.807, 2.05) is 0 Å². The van der Waals surface area contributed by atoms with Gasteiger partial charge >= 0.3 is 0 Å². The van der Waals surface area contributed by atoms with Crippen molar-refractivity contribution in [3.8, 4) is 0 Å². The van der Waals surface area contributed by atoms with E-state index in [0.717, 1.165) is 25.9 Å². The van der Waals surface area contributed by atoms with Crippen molar-refractivity contribution in [3.05, 3.63) is 35.4 Å². The van der Waals surface area contributed by atoms with Crippen molar-refractivity contribution in [1.82, 2.24) is 10.2 Å². The molecule has 1 fully saturated rings. The van der Waals surface area contributed by atoms with E-state index < -0.39 is 11.6 Å². The van der Waals surface area contributed by atoms with E-state index in [-0.39, 0.29) is 17.9 Å². The van der Waals surface area contributed by atoms with Gasteiger partial charge in [0.15, 0.2) is 0 Å². The van der Waals surface area contributed by atoms with Crippen LogP contribution < -0.4 is 5.32 Å². The van der Waals surface area contributed by atoms with Crippen LogP contribution in [0.1, 0.15) is 25.3 Å². The molecule has 0 spiro atoms. The molecule has 0 saturated carbocycles. The number of piperidine rings is 1. The smallest absolute Gasteiger partial charge is 0.227 e. The van der Waals surface area contributed by atoms with Crippen LogP contribution in [0.15, 0.2) is 18.2 Å². The highest BCUT2D eigenvalue weighted by Gasteiger charge is 2.24. The molecule has 1 saturated heterocycles. The number of benzene rings is 1. The third-order valence-corrected chi connectivity index (χ3v) is 4.04. The van der Waals surface area contributed by atoms with Gasteiger partial charge in [0.25, 0.3) is 0 Å². The Morgan fingerprint density at radius 2 is 1.90 bits per heavy atom. The number of amides is 1. The molecule has 1 aromatic carbocycles. The number of hydrogen-bond donors (Lipinski definition) is 1. The molecule has 0 aromatic heterocycles. The average Bonchev–Trinajstić information content (AvgIpc) is 2.49. The van der Waals surface area contributed by atoms with Crippen molar-refractivity contribution >= 4 is 5.91 Å². The molecule has 1 N–H and O–H groups in total. The van der Waals surface area contributed by atoms with Crippen LogP contribution in [0.5, 0.6) is 0 Å². The van der Waals surface area contributed by atoms with Gasteiger partial charge in [-0.25, -0.2) is 8.78 Å². The fraction of sp³-hybridized carbons (Fsp3) is 0.562. The zero-order valence-electron chi connectivity index (χ0n) is 12.4.